The number of fused-ring (bicyclic) bond motifs is 1. The molecule has 6 rings (SSSR count). The number of hydroxylamine groups is 2. The van der Waals surface area contributed by atoms with E-state index in [-0.39, 0.29) is 30.9 Å². The second-order valence-electron chi connectivity index (χ2n) is 11.3. The van der Waals surface area contributed by atoms with Crippen molar-refractivity contribution in [3.63, 3.8) is 0 Å². The fourth-order valence-corrected chi connectivity index (χ4v) is 6.18. The Morgan fingerprint density at radius 2 is 1.57 bits per heavy atom. The highest BCUT2D eigenvalue weighted by molar-refractivity contribution is 6.30. The molecule has 1 saturated heterocycles. The Kier molecular flexibility index (Phi) is 11.4. The van der Waals surface area contributed by atoms with Crippen LogP contribution in [0, 0.1) is 0 Å². The van der Waals surface area contributed by atoms with Gasteiger partial charge in [-0.25, -0.2) is 9.78 Å². The van der Waals surface area contributed by atoms with Gasteiger partial charge < -0.3 is 25.8 Å². The third-order valence-corrected chi connectivity index (χ3v) is 8.59. The molecule has 2 aliphatic carbocycles. The molecular weight excluding hydrogens is 601 g/mol. The van der Waals surface area contributed by atoms with Crippen LogP contribution in [0.25, 0.3) is 11.2 Å². The molecule has 42 heavy (non-hydrogen) atoms. The average molecular weight is 641 g/mol. The predicted molar refractivity (Wildman–Crippen MR) is 171 cm³/mol. The first kappa shape index (κ1) is 32.3. The summed E-state index contributed by atoms with van der Waals surface area (Å²) >= 11 is 5.92. The van der Waals surface area contributed by atoms with E-state index in [2.05, 4.69) is 20.5 Å². The summed E-state index contributed by atoms with van der Waals surface area (Å²) in [6.45, 7) is 1.23. The number of rotatable bonds is 7. The normalized spacial score (nSPS) is 21.8. The van der Waals surface area contributed by atoms with Crippen LogP contribution in [0.2, 0.25) is 5.02 Å². The summed E-state index contributed by atoms with van der Waals surface area (Å²) in [6.07, 6.45) is 11.9. The number of carbonyl (C=O) groups is 1. The maximum absolute atomic E-state index is 12.3. The number of anilines is 3. The zero-order valence-electron chi connectivity index (χ0n) is 23.5. The monoisotopic (exact) mass is 639 g/mol. The molecule has 0 unspecified atom stereocenters. The number of nitrogens with two attached hydrogens (primary N) is 1. The number of halogens is 3. The first-order valence-electron chi connectivity index (χ1n) is 14.5. The Morgan fingerprint density at radius 3 is 2.26 bits per heavy atom. The van der Waals surface area contributed by atoms with Crippen LogP contribution in [0.3, 0.4) is 0 Å². The van der Waals surface area contributed by atoms with Gasteiger partial charge in [0.15, 0.2) is 17.0 Å². The molecule has 2 aromatic heterocycles. The summed E-state index contributed by atoms with van der Waals surface area (Å²) in [4.78, 5) is 32.5. The van der Waals surface area contributed by atoms with Gasteiger partial charge in [0.05, 0.1) is 6.33 Å². The summed E-state index contributed by atoms with van der Waals surface area (Å²) in [5.74, 6) is 1.41. The minimum absolute atomic E-state index is 0. The van der Waals surface area contributed by atoms with Crippen molar-refractivity contribution in [2.24, 2.45) is 5.73 Å². The Labute approximate surface area is 263 Å². The van der Waals surface area contributed by atoms with E-state index < -0.39 is 6.09 Å². The van der Waals surface area contributed by atoms with Crippen molar-refractivity contribution in [2.75, 3.05) is 29.0 Å². The molecule has 230 valence electrons. The molecule has 14 heteroatoms. The van der Waals surface area contributed by atoms with Crippen molar-refractivity contribution in [1.82, 2.24) is 24.6 Å². The van der Waals surface area contributed by atoms with Gasteiger partial charge in [-0.05, 0) is 75.6 Å². The molecule has 3 fully saturated rings. The number of nitrogens with zero attached hydrogens (tertiary/aromatic N) is 5. The Bertz CT molecular complexity index is 1300. The summed E-state index contributed by atoms with van der Waals surface area (Å²) in [6, 6.07) is 8.16. The molecule has 0 radical (unpaired) electrons. The van der Waals surface area contributed by atoms with Crippen molar-refractivity contribution >= 4 is 71.1 Å². The highest BCUT2D eigenvalue weighted by Gasteiger charge is 2.27. The summed E-state index contributed by atoms with van der Waals surface area (Å²) in [5.41, 5.74) is 8.46. The van der Waals surface area contributed by atoms with Crippen molar-refractivity contribution in [3.05, 3.63) is 35.6 Å². The fraction of sp³-hybridized carbons (Fsp3) is 0.571. The zero-order valence-corrected chi connectivity index (χ0v) is 25.9. The summed E-state index contributed by atoms with van der Waals surface area (Å²) in [5, 5.41) is 12.3. The van der Waals surface area contributed by atoms with Crippen molar-refractivity contribution in [1.29, 1.82) is 0 Å². The standard InChI is InChI=1S/C28H38ClN9O2.2ClH/c29-18-5-9-21(10-6-18)34-28(39)40-37-15-13-22(14-16-37)32-25-24-26(38(17-31-24)23-3-1-2-4-23)36-27(35-25)33-20-11-7-19(30)8-12-20;;/h5-6,9-10,17,19-20,22-23H,1-4,7-8,11-16,30H2,(H,34,39)(H2,32,33,35,36);2*1H. The van der Waals surface area contributed by atoms with E-state index in [1.807, 2.05) is 6.33 Å². The highest BCUT2D eigenvalue weighted by atomic mass is 35.5. The van der Waals surface area contributed by atoms with Gasteiger partial charge in [-0.1, -0.05) is 24.4 Å². The van der Waals surface area contributed by atoms with E-state index >= 15 is 0 Å². The number of hydrogen-bond donors (Lipinski definition) is 4. The highest BCUT2D eigenvalue weighted by Crippen LogP contribution is 2.34. The molecule has 1 aliphatic heterocycles. The Balaban J connectivity index is 0.00000202. The molecule has 3 heterocycles. The van der Waals surface area contributed by atoms with Crippen LogP contribution in [0.15, 0.2) is 30.6 Å². The van der Waals surface area contributed by atoms with E-state index in [1.165, 1.54) is 12.8 Å². The zero-order chi connectivity index (χ0) is 27.5. The SMILES string of the molecule is Cl.Cl.NC1CCC(Nc2nc(NC3CCN(OC(=O)Nc4ccc(Cl)cc4)CC3)c3ncn(C4CCCC4)c3n2)CC1. The molecular formula is C28H40Cl3N9O2. The lowest BCUT2D eigenvalue weighted by Crippen LogP contribution is -2.41. The minimum Gasteiger partial charge on any atom is -0.365 e. The molecule has 0 bridgehead atoms. The van der Waals surface area contributed by atoms with Gasteiger partial charge in [0, 0.05) is 48.0 Å². The number of amides is 1. The van der Waals surface area contributed by atoms with Gasteiger partial charge in [-0.2, -0.15) is 9.97 Å². The second-order valence-corrected chi connectivity index (χ2v) is 11.7. The predicted octanol–water partition coefficient (Wildman–Crippen LogP) is 6.16. The number of nitrogens with one attached hydrogen (secondary N) is 3. The van der Waals surface area contributed by atoms with E-state index in [0.29, 0.717) is 47.9 Å². The average Bonchev–Trinajstić information content (AvgIpc) is 3.63. The van der Waals surface area contributed by atoms with Gasteiger partial charge in [0.2, 0.25) is 5.95 Å². The fourth-order valence-electron chi connectivity index (χ4n) is 6.05. The van der Waals surface area contributed by atoms with Gasteiger partial charge >= 0.3 is 6.09 Å². The van der Waals surface area contributed by atoms with Crippen molar-refractivity contribution < 1.29 is 9.63 Å². The topological polar surface area (TPSA) is 135 Å². The number of hydrogen-bond acceptors (Lipinski definition) is 9. The van der Waals surface area contributed by atoms with Crippen LogP contribution >= 0.6 is 36.4 Å². The maximum Gasteiger partial charge on any atom is 0.430 e. The number of aromatic nitrogens is 4. The number of piperidine rings is 1. The first-order chi connectivity index (χ1) is 19.5. The van der Waals surface area contributed by atoms with E-state index in [1.54, 1.807) is 29.3 Å². The van der Waals surface area contributed by atoms with Crippen LogP contribution in [0.5, 0.6) is 0 Å². The number of imidazole rings is 1. The lowest BCUT2D eigenvalue weighted by molar-refractivity contribution is -0.106. The quantitative estimate of drug-likeness (QED) is 0.239. The van der Waals surface area contributed by atoms with Gasteiger partial charge in [-0.15, -0.1) is 29.9 Å². The first-order valence-corrected chi connectivity index (χ1v) is 14.9. The second kappa shape index (κ2) is 14.7. The molecule has 2 saturated carbocycles. The number of carbonyl (C=O) groups excluding carboxylic acids is 1. The van der Waals surface area contributed by atoms with E-state index in [0.717, 1.165) is 68.3 Å². The minimum atomic E-state index is -0.511. The number of benzene rings is 1. The Hall–Kier alpha value is -2.57. The van der Waals surface area contributed by atoms with E-state index in [9.17, 15) is 4.79 Å². The summed E-state index contributed by atoms with van der Waals surface area (Å²) < 4.78 is 2.24. The van der Waals surface area contributed by atoms with E-state index in [4.69, 9.17) is 37.1 Å². The largest absolute Gasteiger partial charge is 0.430 e. The lowest BCUT2D eigenvalue weighted by atomic mass is 9.92. The van der Waals surface area contributed by atoms with Crippen molar-refractivity contribution in [3.8, 4) is 0 Å². The molecule has 1 amide bonds. The van der Waals surface area contributed by atoms with Crippen LogP contribution in [-0.4, -0.2) is 61.9 Å². The van der Waals surface area contributed by atoms with Crippen molar-refractivity contribution in [2.45, 2.75) is 88.4 Å². The van der Waals surface area contributed by atoms with Crippen LogP contribution in [-0.2, 0) is 4.84 Å². The smallest absolute Gasteiger partial charge is 0.365 e. The third kappa shape index (κ3) is 7.87. The van der Waals surface area contributed by atoms with Gasteiger partial charge in [-0.3, -0.25) is 5.32 Å². The maximum atomic E-state index is 12.3. The van der Waals surface area contributed by atoms with Gasteiger partial charge in [0.25, 0.3) is 0 Å². The summed E-state index contributed by atoms with van der Waals surface area (Å²) in [7, 11) is 0. The molecule has 11 nitrogen and oxygen atoms in total. The lowest BCUT2D eigenvalue weighted by Gasteiger charge is -2.31. The molecule has 3 aliphatic rings. The van der Waals surface area contributed by atoms with Crippen LogP contribution < -0.4 is 21.7 Å². The Morgan fingerprint density at radius 1 is 0.905 bits per heavy atom. The molecule has 1 aromatic carbocycles. The van der Waals surface area contributed by atoms with Crippen LogP contribution in [0.1, 0.15) is 70.3 Å². The van der Waals surface area contributed by atoms with Crippen LogP contribution in [0.4, 0.5) is 22.2 Å². The molecule has 0 atom stereocenters. The molecule has 3 aromatic rings. The third-order valence-electron chi connectivity index (χ3n) is 8.34. The van der Waals surface area contributed by atoms with Gasteiger partial charge in [0.1, 0.15) is 0 Å². The molecule has 0 spiro atoms. The molecule has 5 N–H and O–H groups in total.